The molecule has 0 radical (unpaired) electrons. The standard InChI is InChI=1S/C10H20ClNO3/c1-8(2)15-7-10(13)12-9(4-5-11)6-14-3/h8-9H,4-7H2,1-3H3,(H,12,13). The molecule has 4 nitrogen and oxygen atoms in total. The van der Waals surface area contributed by atoms with Crippen LogP contribution in [0.4, 0.5) is 0 Å². The van der Waals surface area contributed by atoms with Gasteiger partial charge in [-0.2, -0.15) is 0 Å². The summed E-state index contributed by atoms with van der Waals surface area (Å²) in [6, 6.07) is -0.0317. The summed E-state index contributed by atoms with van der Waals surface area (Å²) in [6.07, 6.45) is 0.757. The molecule has 0 spiro atoms. The lowest BCUT2D eigenvalue weighted by molar-refractivity contribution is -0.128. The van der Waals surface area contributed by atoms with Gasteiger partial charge in [0.1, 0.15) is 6.61 Å². The van der Waals surface area contributed by atoms with E-state index >= 15 is 0 Å². The van der Waals surface area contributed by atoms with Crippen LogP contribution in [0.2, 0.25) is 0 Å². The Morgan fingerprint density at radius 1 is 1.47 bits per heavy atom. The Hall–Kier alpha value is -0.320. The smallest absolute Gasteiger partial charge is 0.246 e. The highest BCUT2D eigenvalue weighted by atomic mass is 35.5. The number of ether oxygens (including phenoxy) is 2. The minimum Gasteiger partial charge on any atom is -0.383 e. The number of hydrogen-bond acceptors (Lipinski definition) is 3. The van der Waals surface area contributed by atoms with E-state index in [-0.39, 0.29) is 24.7 Å². The molecule has 0 saturated heterocycles. The molecule has 90 valence electrons. The molecule has 0 saturated carbocycles. The monoisotopic (exact) mass is 237 g/mol. The van der Waals surface area contributed by atoms with Crippen molar-refractivity contribution in [3.8, 4) is 0 Å². The van der Waals surface area contributed by atoms with E-state index in [1.54, 1.807) is 7.11 Å². The number of rotatable bonds is 8. The van der Waals surface area contributed by atoms with Crippen LogP contribution in [-0.4, -0.2) is 44.3 Å². The third kappa shape index (κ3) is 8.66. The van der Waals surface area contributed by atoms with Crippen molar-refractivity contribution in [3.05, 3.63) is 0 Å². The Morgan fingerprint density at radius 2 is 2.13 bits per heavy atom. The zero-order valence-corrected chi connectivity index (χ0v) is 10.3. The van der Waals surface area contributed by atoms with Gasteiger partial charge in [-0.1, -0.05) is 0 Å². The van der Waals surface area contributed by atoms with Crippen molar-refractivity contribution >= 4 is 17.5 Å². The van der Waals surface area contributed by atoms with Crippen molar-refractivity contribution < 1.29 is 14.3 Å². The van der Waals surface area contributed by atoms with Gasteiger partial charge in [0.15, 0.2) is 0 Å². The molecule has 0 aromatic rings. The van der Waals surface area contributed by atoms with E-state index in [1.807, 2.05) is 13.8 Å². The van der Waals surface area contributed by atoms with Gasteiger partial charge in [0, 0.05) is 13.0 Å². The van der Waals surface area contributed by atoms with Crippen molar-refractivity contribution in [2.24, 2.45) is 0 Å². The average molecular weight is 238 g/mol. The van der Waals surface area contributed by atoms with Gasteiger partial charge in [-0.3, -0.25) is 4.79 Å². The van der Waals surface area contributed by atoms with Crippen LogP contribution >= 0.6 is 11.6 Å². The maximum atomic E-state index is 11.4. The van der Waals surface area contributed by atoms with E-state index in [0.717, 1.165) is 0 Å². The number of carbonyl (C=O) groups is 1. The normalized spacial score (nSPS) is 12.9. The topological polar surface area (TPSA) is 47.6 Å². The van der Waals surface area contributed by atoms with Crippen LogP contribution in [0.1, 0.15) is 20.3 Å². The highest BCUT2D eigenvalue weighted by Crippen LogP contribution is 1.96. The number of nitrogens with one attached hydrogen (secondary N) is 1. The van der Waals surface area contributed by atoms with Crippen molar-refractivity contribution in [2.45, 2.75) is 32.4 Å². The fraction of sp³-hybridized carbons (Fsp3) is 0.900. The summed E-state index contributed by atoms with van der Waals surface area (Å²) in [7, 11) is 1.60. The Bertz CT molecular complexity index is 170. The Kier molecular flexibility index (Phi) is 8.76. The molecule has 0 aliphatic heterocycles. The summed E-state index contributed by atoms with van der Waals surface area (Å²) in [5, 5.41) is 2.80. The first-order valence-electron chi connectivity index (χ1n) is 5.06. The van der Waals surface area contributed by atoms with Crippen molar-refractivity contribution in [1.29, 1.82) is 0 Å². The maximum absolute atomic E-state index is 11.4. The molecule has 0 heterocycles. The van der Waals surface area contributed by atoms with Crippen LogP contribution in [0, 0.1) is 0 Å². The van der Waals surface area contributed by atoms with Gasteiger partial charge in [0.2, 0.25) is 5.91 Å². The number of halogens is 1. The molecule has 0 aliphatic carbocycles. The number of carbonyl (C=O) groups excluding carboxylic acids is 1. The van der Waals surface area contributed by atoms with E-state index in [0.29, 0.717) is 18.9 Å². The van der Waals surface area contributed by atoms with Crippen molar-refractivity contribution in [1.82, 2.24) is 5.32 Å². The van der Waals surface area contributed by atoms with Gasteiger partial charge < -0.3 is 14.8 Å². The molecule has 1 unspecified atom stereocenters. The fourth-order valence-electron chi connectivity index (χ4n) is 1.04. The molecule has 0 aromatic carbocycles. The van der Waals surface area contributed by atoms with Crippen LogP contribution in [-0.2, 0) is 14.3 Å². The van der Waals surface area contributed by atoms with E-state index in [1.165, 1.54) is 0 Å². The van der Waals surface area contributed by atoms with E-state index < -0.39 is 0 Å². The molecule has 1 amide bonds. The second-order valence-corrected chi connectivity index (χ2v) is 3.94. The second kappa shape index (κ2) is 8.95. The minimum atomic E-state index is -0.129. The molecular weight excluding hydrogens is 218 g/mol. The lowest BCUT2D eigenvalue weighted by Gasteiger charge is -2.17. The van der Waals surface area contributed by atoms with Crippen LogP contribution in [0.5, 0.6) is 0 Å². The van der Waals surface area contributed by atoms with E-state index in [2.05, 4.69) is 5.32 Å². The molecule has 15 heavy (non-hydrogen) atoms. The van der Waals surface area contributed by atoms with Gasteiger partial charge in [-0.15, -0.1) is 11.6 Å². The van der Waals surface area contributed by atoms with Crippen molar-refractivity contribution in [3.63, 3.8) is 0 Å². The Morgan fingerprint density at radius 3 is 2.60 bits per heavy atom. The summed E-state index contributed by atoms with van der Waals surface area (Å²) in [5.41, 5.74) is 0. The molecule has 5 heteroatoms. The lowest BCUT2D eigenvalue weighted by atomic mass is 10.2. The number of alkyl halides is 1. The van der Waals surface area contributed by atoms with E-state index in [4.69, 9.17) is 21.1 Å². The Balaban J connectivity index is 3.77. The Labute approximate surface area is 96.3 Å². The largest absolute Gasteiger partial charge is 0.383 e. The lowest BCUT2D eigenvalue weighted by Crippen LogP contribution is -2.40. The zero-order chi connectivity index (χ0) is 11.7. The molecule has 0 rings (SSSR count). The van der Waals surface area contributed by atoms with Gasteiger partial charge in [-0.05, 0) is 20.3 Å². The first-order chi connectivity index (χ1) is 7.10. The van der Waals surface area contributed by atoms with Crippen LogP contribution < -0.4 is 5.32 Å². The summed E-state index contributed by atoms with van der Waals surface area (Å²) in [5.74, 6) is 0.371. The summed E-state index contributed by atoms with van der Waals surface area (Å²) in [6.45, 7) is 4.33. The maximum Gasteiger partial charge on any atom is 0.246 e. The molecule has 0 aromatic heterocycles. The van der Waals surface area contributed by atoms with Crippen LogP contribution in [0.25, 0.3) is 0 Å². The third-order valence-corrected chi connectivity index (χ3v) is 1.96. The summed E-state index contributed by atoms with van der Waals surface area (Å²) in [4.78, 5) is 11.4. The number of hydrogen-bond donors (Lipinski definition) is 1. The first kappa shape index (κ1) is 14.7. The van der Waals surface area contributed by atoms with E-state index in [9.17, 15) is 4.79 Å². The fourth-order valence-corrected chi connectivity index (χ4v) is 1.31. The van der Waals surface area contributed by atoms with Gasteiger partial charge >= 0.3 is 0 Å². The van der Waals surface area contributed by atoms with Crippen molar-refractivity contribution in [2.75, 3.05) is 26.2 Å². The predicted molar refractivity (Wildman–Crippen MR) is 60.2 cm³/mol. The minimum absolute atomic E-state index is 0.0317. The highest BCUT2D eigenvalue weighted by molar-refractivity contribution is 6.17. The third-order valence-electron chi connectivity index (χ3n) is 1.74. The molecule has 0 bridgehead atoms. The SMILES string of the molecule is COCC(CCCl)NC(=O)COC(C)C. The number of amides is 1. The predicted octanol–water partition coefficient (Wildman–Crippen LogP) is 1.17. The summed E-state index contributed by atoms with van der Waals surface area (Å²) < 4.78 is 10.1. The molecule has 0 fully saturated rings. The molecule has 1 atom stereocenters. The average Bonchev–Trinajstić information content (AvgIpc) is 2.15. The number of methoxy groups -OCH3 is 1. The van der Waals surface area contributed by atoms with Crippen LogP contribution in [0.15, 0.2) is 0 Å². The highest BCUT2D eigenvalue weighted by Gasteiger charge is 2.11. The first-order valence-corrected chi connectivity index (χ1v) is 5.59. The van der Waals surface area contributed by atoms with Gasteiger partial charge in [0.25, 0.3) is 0 Å². The second-order valence-electron chi connectivity index (χ2n) is 3.56. The molecular formula is C10H20ClNO3. The molecule has 0 aliphatic rings. The van der Waals surface area contributed by atoms with Gasteiger partial charge in [-0.25, -0.2) is 0 Å². The quantitative estimate of drug-likeness (QED) is 0.645. The molecule has 1 N–H and O–H groups in total. The zero-order valence-electron chi connectivity index (χ0n) is 9.59. The summed E-state index contributed by atoms with van der Waals surface area (Å²) >= 11 is 5.60. The van der Waals surface area contributed by atoms with Crippen LogP contribution in [0.3, 0.4) is 0 Å². The van der Waals surface area contributed by atoms with Gasteiger partial charge in [0.05, 0.1) is 18.8 Å².